The second-order valence-corrected chi connectivity index (χ2v) is 5.63. The number of aromatic nitrogens is 1. The summed E-state index contributed by atoms with van der Waals surface area (Å²) in [6, 6.07) is 17.4. The van der Waals surface area contributed by atoms with Crippen molar-refractivity contribution in [3.05, 3.63) is 48.5 Å². The molecule has 1 heterocycles. The Hall–Kier alpha value is -1.54. The number of nitrogens with zero attached hydrogens (tertiary/aromatic N) is 1. The fourth-order valence-corrected chi connectivity index (χ4v) is 3.40. The standard InChI is InChI=1S/C14H15NSi/c1-16-10-15-13-8-4-2-6-11(13)12-7-3-5-9-14(12)15/h2-9H,10,16H2,1H3. The van der Waals surface area contributed by atoms with Crippen LogP contribution in [0.15, 0.2) is 48.5 Å². The highest BCUT2D eigenvalue weighted by molar-refractivity contribution is 6.32. The molecule has 0 amide bonds. The summed E-state index contributed by atoms with van der Waals surface area (Å²) >= 11 is 0. The summed E-state index contributed by atoms with van der Waals surface area (Å²) in [7, 11) is 0.0315. The van der Waals surface area contributed by atoms with Gasteiger partial charge in [0.15, 0.2) is 0 Å². The first-order valence-electron chi connectivity index (χ1n) is 5.88. The molecule has 80 valence electrons. The fourth-order valence-electron chi connectivity index (χ4n) is 2.47. The topological polar surface area (TPSA) is 4.93 Å². The molecule has 1 aromatic heterocycles. The lowest BCUT2D eigenvalue weighted by Crippen LogP contribution is -2.01. The third-order valence-electron chi connectivity index (χ3n) is 3.13. The molecule has 0 fully saturated rings. The molecule has 2 heteroatoms. The molecule has 0 aliphatic carbocycles. The van der Waals surface area contributed by atoms with E-state index < -0.39 is 0 Å². The summed E-state index contributed by atoms with van der Waals surface area (Å²) in [5.74, 6) is 0. The summed E-state index contributed by atoms with van der Waals surface area (Å²) in [6.07, 6.45) is 1.23. The molecule has 3 aromatic rings. The van der Waals surface area contributed by atoms with Crippen LogP contribution < -0.4 is 0 Å². The Balaban J connectivity index is 2.49. The average Bonchev–Trinajstić information content (AvgIpc) is 2.66. The van der Waals surface area contributed by atoms with Crippen molar-refractivity contribution in [3.8, 4) is 0 Å². The molecule has 0 aliphatic heterocycles. The minimum Gasteiger partial charge on any atom is -0.344 e. The van der Waals surface area contributed by atoms with Gasteiger partial charge in [-0.15, -0.1) is 0 Å². The quantitative estimate of drug-likeness (QED) is 0.591. The van der Waals surface area contributed by atoms with Crippen LogP contribution in [0.25, 0.3) is 21.8 Å². The van der Waals surface area contributed by atoms with Gasteiger partial charge in [-0.2, -0.15) is 0 Å². The largest absolute Gasteiger partial charge is 0.344 e. The summed E-state index contributed by atoms with van der Waals surface area (Å²) < 4.78 is 2.48. The highest BCUT2D eigenvalue weighted by Gasteiger charge is 2.07. The van der Waals surface area contributed by atoms with Gasteiger partial charge in [0.1, 0.15) is 0 Å². The number of para-hydroxylation sites is 2. The van der Waals surface area contributed by atoms with Gasteiger partial charge in [-0.1, -0.05) is 42.9 Å². The molecule has 0 bridgehead atoms. The van der Waals surface area contributed by atoms with Gasteiger partial charge in [-0.3, -0.25) is 0 Å². The van der Waals surface area contributed by atoms with Gasteiger partial charge >= 0.3 is 0 Å². The maximum atomic E-state index is 2.48. The van der Waals surface area contributed by atoms with Crippen molar-refractivity contribution < 1.29 is 0 Å². The van der Waals surface area contributed by atoms with Crippen LogP contribution in [-0.2, 0) is 6.17 Å². The van der Waals surface area contributed by atoms with Gasteiger partial charge < -0.3 is 4.57 Å². The monoisotopic (exact) mass is 225 g/mol. The first kappa shape index (κ1) is 9.67. The highest BCUT2D eigenvalue weighted by Crippen LogP contribution is 2.28. The van der Waals surface area contributed by atoms with E-state index in [4.69, 9.17) is 0 Å². The number of benzene rings is 2. The minimum absolute atomic E-state index is 0.0315. The minimum atomic E-state index is 0.0315. The Morgan fingerprint density at radius 1 is 0.875 bits per heavy atom. The van der Waals surface area contributed by atoms with Crippen LogP contribution in [0.4, 0.5) is 0 Å². The third kappa shape index (κ3) is 1.30. The summed E-state index contributed by atoms with van der Waals surface area (Å²) in [5.41, 5.74) is 2.77. The van der Waals surface area contributed by atoms with Gasteiger partial charge in [-0.25, -0.2) is 0 Å². The first-order chi connectivity index (χ1) is 7.92. The summed E-state index contributed by atoms with van der Waals surface area (Å²) in [4.78, 5) is 0. The predicted octanol–water partition coefficient (Wildman–Crippen LogP) is 2.97. The Morgan fingerprint density at radius 2 is 1.38 bits per heavy atom. The lowest BCUT2D eigenvalue weighted by Gasteiger charge is -2.04. The van der Waals surface area contributed by atoms with Crippen molar-refractivity contribution in [2.45, 2.75) is 12.7 Å². The Bertz CT molecular complexity index is 586. The number of hydrogen-bond donors (Lipinski definition) is 0. The first-order valence-corrected chi connectivity index (χ1v) is 8.29. The zero-order chi connectivity index (χ0) is 11.0. The van der Waals surface area contributed by atoms with E-state index in [0.717, 1.165) is 0 Å². The van der Waals surface area contributed by atoms with Crippen LogP contribution >= 0.6 is 0 Å². The van der Waals surface area contributed by atoms with Crippen molar-refractivity contribution in [3.63, 3.8) is 0 Å². The third-order valence-corrected chi connectivity index (χ3v) is 4.02. The maximum Gasteiger partial charge on any atom is 0.0488 e. The number of hydrogen-bond acceptors (Lipinski definition) is 0. The van der Waals surface area contributed by atoms with Crippen LogP contribution in [-0.4, -0.2) is 14.1 Å². The summed E-state index contributed by atoms with van der Waals surface area (Å²) in [5, 5.41) is 2.78. The van der Waals surface area contributed by atoms with E-state index in [9.17, 15) is 0 Å². The Morgan fingerprint density at radius 3 is 1.88 bits per heavy atom. The van der Waals surface area contributed by atoms with E-state index >= 15 is 0 Å². The molecule has 0 radical (unpaired) electrons. The molecule has 1 nitrogen and oxygen atoms in total. The second kappa shape index (κ2) is 3.80. The molecule has 0 spiro atoms. The lowest BCUT2D eigenvalue weighted by atomic mass is 10.2. The molecule has 16 heavy (non-hydrogen) atoms. The molecular weight excluding hydrogens is 210 g/mol. The van der Waals surface area contributed by atoms with Crippen LogP contribution in [0.3, 0.4) is 0 Å². The molecule has 0 atom stereocenters. The molecule has 0 saturated carbocycles. The van der Waals surface area contributed by atoms with Crippen LogP contribution in [0.1, 0.15) is 0 Å². The van der Waals surface area contributed by atoms with Crippen molar-refractivity contribution >= 4 is 31.3 Å². The van der Waals surface area contributed by atoms with Gasteiger partial charge in [0.2, 0.25) is 0 Å². The smallest absolute Gasteiger partial charge is 0.0488 e. The van der Waals surface area contributed by atoms with Crippen LogP contribution in [0.5, 0.6) is 0 Å². The van der Waals surface area contributed by atoms with Crippen molar-refractivity contribution in [1.82, 2.24) is 4.57 Å². The molecule has 0 unspecified atom stereocenters. The highest BCUT2D eigenvalue weighted by atomic mass is 28.2. The molecule has 0 aliphatic rings. The van der Waals surface area contributed by atoms with Crippen LogP contribution in [0.2, 0.25) is 6.55 Å². The molecule has 0 N–H and O–H groups in total. The predicted molar refractivity (Wildman–Crippen MR) is 73.9 cm³/mol. The average molecular weight is 225 g/mol. The van der Waals surface area contributed by atoms with Gasteiger partial charge in [-0.05, 0) is 12.1 Å². The van der Waals surface area contributed by atoms with Gasteiger partial charge in [0, 0.05) is 37.5 Å². The number of fused-ring (bicyclic) bond motifs is 3. The lowest BCUT2D eigenvalue weighted by molar-refractivity contribution is 0.964. The number of rotatable bonds is 2. The van der Waals surface area contributed by atoms with E-state index in [0.29, 0.717) is 0 Å². The Kier molecular flexibility index (Phi) is 2.29. The van der Waals surface area contributed by atoms with E-state index in [2.05, 4.69) is 59.6 Å². The molecular formula is C14H15NSi. The van der Waals surface area contributed by atoms with Crippen molar-refractivity contribution in [2.24, 2.45) is 0 Å². The Labute approximate surface area is 97.5 Å². The maximum absolute atomic E-state index is 2.48. The van der Waals surface area contributed by atoms with E-state index in [1.165, 1.54) is 28.0 Å². The van der Waals surface area contributed by atoms with E-state index in [-0.39, 0.29) is 9.52 Å². The van der Waals surface area contributed by atoms with E-state index in [1.54, 1.807) is 0 Å². The summed E-state index contributed by atoms with van der Waals surface area (Å²) in [6.45, 7) is 2.36. The zero-order valence-electron chi connectivity index (χ0n) is 9.48. The SMILES string of the molecule is C[SiH2]Cn1c2ccccc2c2ccccc21. The molecule has 3 rings (SSSR count). The van der Waals surface area contributed by atoms with Crippen LogP contribution in [0, 0.1) is 0 Å². The van der Waals surface area contributed by atoms with E-state index in [1.807, 2.05) is 0 Å². The van der Waals surface area contributed by atoms with Gasteiger partial charge in [0.25, 0.3) is 0 Å². The zero-order valence-corrected chi connectivity index (χ0v) is 10.9. The van der Waals surface area contributed by atoms with Crippen molar-refractivity contribution in [1.29, 1.82) is 0 Å². The van der Waals surface area contributed by atoms with Gasteiger partial charge in [0.05, 0.1) is 0 Å². The normalized spacial score (nSPS) is 12.1. The second-order valence-electron chi connectivity index (χ2n) is 4.19. The van der Waals surface area contributed by atoms with Crippen molar-refractivity contribution in [2.75, 3.05) is 0 Å². The molecule has 2 aromatic carbocycles. The molecule has 0 saturated heterocycles. The fraction of sp³-hybridized carbons (Fsp3) is 0.143.